The molecule has 5 heteroatoms. The Balaban J connectivity index is 2.28. The van der Waals surface area contributed by atoms with Crippen molar-refractivity contribution in [1.29, 1.82) is 0 Å². The number of anilines is 3. The van der Waals surface area contributed by atoms with Crippen molar-refractivity contribution < 1.29 is 4.74 Å². The van der Waals surface area contributed by atoms with E-state index in [1.54, 1.807) is 19.2 Å². The normalized spacial score (nSPS) is 10.2. The predicted octanol–water partition coefficient (Wildman–Crippen LogP) is 3.38. The molecule has 0 bridgehead atoms. The first-order valence-corrected chi connectivity index (χ1v) is 5.81. The molecule has 1 aromatic carbocycles. The lowest BCUT2D eigenvalue weighted by atomic mass is 10.3. The maximum atomic E-state index is 6.05. The maximum Gasteiger partial charge on any atom is 0.153 e. The van der Waals surface area contributed by atoms with Crippen LogP contribution in [0.25, 0.3) is 0 Å². The Labute approximate surface area is 111 Å². The molecule has 2 rings (SSSR count). The number of benzene rings is 1. The van der Waals surface area contributed by atoms with Crippen molar-refractivity contribution in [3.05, 3.63) is 41.0 Å². The van der Waals surface area contributed by atoms with Crippen molar-refractivity contribution in [3.8, 4) is 5.75 Å². The Morgan fingerprint density at radius 3 is 2.72 bits per heavy atom. The van der Waals surface area contributed by atoms with Gasteiger partial charge in [-0.3, -0.25) is 0 Å². The van der Waals surface area contributed by atoms with Crippen LogP contribution in [0, 0.1) is 6.92 Å². The number of aryl methyl sites for hydroxylation is 1. The average Bonchev–Trinajstić information content (AvgIpc) is 2.34. The van der Waals surface area contributed by atoms with Gasteiger partial charge < -0.3 is 15.8 Å². The van der Waals surface area contributed by atoms with Crippen molar-refractivity contribution in [3.63, 3.8) is 0 Å². The molecule has 0 saturated heterocycles. The van der Waals surface area contributed by atoms with E-state index in [2.05, 4.69) is 10.3 Å². The average molecular weight is 264 g/mol. The summed E-state index contributed by atoms with van der Waals surface area (Å²) >= 11 is 6.05. The van der Waals surface area contributed by atoms with E-state index in [9.17, 15) is 0 Å². The minimum atomic E-state index is 0.536. The Kier molecular flexibility index (Phi) is 3.58. The number of nitrogens with one attached hydrogen (secondary N) is 1. The van der Waals surface area contributed by atoms with Gasteiger partial charge in [-0.15, -0.1) is 0 Å². The van der Waals surface area contributed by atoms with Gasteiger partial charge in [-0.25, -0.2) is 4.98 Å². The molecule has 2 aromatic rings. The lowest BCUT2D eigenvalue weighted by Gasteiger charge is -2.10. The molecule has 0 spiro atoms. The van der Waals surface area contributed by atoms with Crippen LogP contribution in [0.15, 0.2) is 30.3 Å². The van der Waals surface area contributed by atoms with Crippen molar-refractivity contribution in [1.82, 2.24) is 4.98 Å². The van der Waals surface area contributed by atoms with Gasteiger partial charge in [0.25, 0.3) is 0 Å². The number of halogens is 1. The molecule has 1 aromatic heterocycles. The van der Waals surface area contributed by atoms with E-state index in [0.29, 0.717) is 22.3 Å². The zero-order valence-electron chi connectivity index (χ0n) is 10.2. The first-order chi connectivity index (χ1) is 8.60. The van der Waals surface area contributed by atoms with Crippen molar-refractivity contribution in [2.24, 2.45) is 0 Å². The SMILES string of the molecule is COc1ccc(Nc2nc(C)ccc2N)cc1Cl. The molecule has 4 nitrogen and oxygen atoms in total. The van der Waals surface area contributed by atoms with Gasteiger partial charge in [0, 0.05) is 11.4 Å². The molecule has 18 heavy (non-hydrogen) atoms. The van der Waals surface area contributed by atoms with Gasteiger partial charge in [0.1, 0.15) is 5.75 Å². The van der Waals surface area contributed by atoms with Crippen molar-refractivity contribution in [2.45, 2.75) is 6.92 Å². The van der Waals surface area contributed by atoms with E-state index in [1.165, 1.54) is 0 Å². The van der Waals surface area contributed by atoms with Gasteiger partial charge in [-0.05, 0) is 37.3 Å². The van der Waals surface area contributed by atoms with Gasteiger partial charge in [0.05, 0.1) is 17.8 Å². The van der Waals surface area contributed by atoms with Crippen LogP contribution in [-0.4, -0.2) is 12.1 Å². The molecule has 1 heterocycles. The van der Waals surface area contributed by atoms with E-state index in [4.69, 9.17) is 22.1 Å². The highest BCUT2D eigenvalue weighted by Gasteiger charge is 2.05. The van der Waals surface area contributed by atoms with Crippen LogP contribution in [0.5, 0.6) is 5.75 Å². The summed E-state index contributed by atoms with van der Waals surface area (Å²) < 4.78 is 5.09. The molecule has 0 aliphatic heterocycles. The number of nitrogens with zero attached hydrogens (tertiary/aromatic N) is 1. The molecular formula is C13H14ClN3O. The fourth-order valence-electron chi connectivity index (χ4n) is 1.55. The molecule has 0 unspecified atom stereocenters. The second-order valence-corrected chi connectivity index (χ2v) is 4.27. The molecule has 0 aliphatic carbocycles. The number of hydrogen-bond acceptors (Lipinski definition) is 4. The third-order valence-corrected chi connectivity index (χ3v) is 2.78. The van der Waals surface area contributed by atoms with Crippen molar-refractivity contribution >= 4 is 28.8 Å². The lowest BCUT2D eigenvalue weighted by molar-refractivity contribution is 0.415. The van der Waals surface area contributed by atoms with E-state index in [1.807, 2.05) is 25.1 Å². The molecule has 0 aliphatic rings. The molecule has 0 atom stereocenters. The summed E-state index contributed by atoms with van der Waals surface area (Å²) in [5, 5.41) is 3.66. The highest BCUT2D eigenvalue weighted by Crippen LogP contribution is 2.29. The largest absolute Gasteiger partial charge is 0.495 e. The number of methoxy groups -OCH3 is 1. The van der Waals surface area contributed by atoms with Crippen LogP contribution < -0.4 is 15.8 Å². The first-order valence-electron chi connectivity index (χ1n) is 5.44. The zero-order valence-corrected chi connectivity index (χ0v) is 11.0. The van der Waals surface area contributed by atoms with Crippen LogP contribution >= 0.6 is 11.6 Å². The summed E-state index contributed by atoms with van der Waals surface area (Å²) in [6.45, 7) is 1.91. The standard InChI is InChI=1S/C13H14ClN3O/c1-8-3-5-11(15)13(16-8)17-9-4-6-12(18-2)10(14)7-9/h3-7H,15H2,1-2H3,(H,16,17). The van der Waals surface area contributed by atoms with E-state index < -0.39 is 0 Å². The number of rotatable bonds is 3. The maximum absolute atomic E-state index is 6.05. The number of hydrogen-bond donors (Lipinski definition) is 2. The van der Waals surface area contributed by atoms with E-state index in [-0.39, 0.29) is 0 Å². The molecule has 0 amide bonds. The summed E-state index contributed by atoms with van der Waals surface area (Å²) in [6.07, 6.45) is 0. The highest BCUT2D eigenvalue weighted by molar-refractivity contribution is 6.32. The van der Waals surface area contributed by atoms with Crippen LogP contribution in [0.1, 0.15) is 5.69 Å². The Morgan fingerprint density at radius 2 is 2.06 bits per heavy atom. The second kappa shape index (κ2) is 5.14. The molecule has 94 valence electrons. The van der Waals surface area contributed by atoms with E-state index >= 15 is 0 Å². The zero-order chi connectivity index (χ0) is 13.1. The third-order valence-electron chi connectivity index (χ3n) is 2.48. The van der Waals surface area contributed by atoms with Gasteiger partial charge in [0.15, 0.2) is 5.82 Å². The van der Waals surface area contributed by atoms with Gasteiger partial charge in [0.2, 0.25) is 0 Å². The third kappa shape index (κ3) is 2.65. The second-order valence-electron chi connectivity index (χ2n) is 3.86. The van der Waals surface area contributed by atoms with Crippen LogP contribution in [-0.2, 0) is 0 Å². The van der Waals surface area contributed by atoms with Crippen molar-refractivity contribution in [2.75, 3.05) is 18.2 Å². The molecule has 0 radical (unpaired) electrons. The summed E-state index contributed by atoms with van der Waals surface area (Å²) in [4.78, 5) is 4.33. The number of ether oxygens (including phenoxy) is 1. The summed E-state index contributed by atoms with van der Waals surface area (Å²) in [5.74, 6) is 1.25. The fourth-order valence-corrected chi connectivity index (χ4v) is 1.81. The quantitative estimate of drug-likeness (QED) is 0.891. The Bertz CT molecular complexity index is 572. The van der Waals surface area contributed by atoms with Crippen LogP contribution in [0.2, 0.25) is 5.02 Å². The number of aromatic nitrogens is 1. The number of pyridine rings is 1. The Hall–Kier alpha value is -1.94. The van der Waals surface area contributed by atoms with Crippen LogP contribution in [0.4, 0.5) is 17.2 Å². The smallest absolute Gasteiger partial charge is 0.153 e. The molecule has 0 fully saturated rings. The Morgan fingerprint density at radius 1 is 1.28 bits per heavy atom. The van der Waals surface area contributed by atoms with Gasteiger partial charge in [-0.1, -0.05) is 11.6 Å². The van der Waals surface area contributed by atoms with E-state index in [0.717, 1.165) is 11.4 Å². The molecular weight excluding hydrogens is 250 g/mol. The minimum Gasteiger partial charge on any atom is -0.495 e. The number of nitrogens with two attached hydrogens (primary N) is 1. The predicted molar refractivity (Wildman–Crippen MR) is 74.7 cm³/mol. The van der Waals surface area contributed by atoms with Gasteiger partial charge in [-0.2, -0.15) is 0 Å². The number of nitrogen functional groups attached to an aromatic ring is 1. The highest BCUT2D eigenvalue weighted by atomic mass is 35.5. The van der Waals surface area contributed by atoms with Gasteiger partial charge >= 0.3 is 0 Å². The lowest BCUT2D eigenvalue weighted by Crippen LogP contribution is -2.00. The van der Waals surface area contributed by atoms with Crippen LogP contribution in [0.3, 0.4) is 0 Å². The minimum absolute atomic E-state index is 0.536. The monoisotopic (exact) mass is 263 g/mol. The topological polar surface area (TPSA) is 60.2 Å². The summed E-state index contributed by atoms with van der Waals surface area (Å²) in [7, 11) is 1.58. The molecule has 3 N–H and O–H groups in total. The fraction of sp³-hybridized carbons (Fsp3) is 0.154. The summed E-state index contributed by atoms with van der Waals surface area (Å²) in [6, 6.07) is 9.09. The first kappa shape index (κ1) is 12.5. The summed E-state index contributed by atoms with van der Waals surface area (Å²) in [5.41, 5.74) is 8.14. The molecule has 0 saturated carbocycles.